The summed E-state index contributed by atoms with van der Waals surface area (Å²) in [5, 5.41) is 0. The van der Waals surface area contributed by atoms with Crippen molar-refractivity contribution in [3.05, 3.63) is 70.7 Å². The Hall–Kier alpha value is -3.81. The van der Waals surface area contributed by atoms with Crippen molar-refractivity contribution >= 4 is 17.6 Å². The van der Waals surface area contributed by atoms with Crippen LogP contribution in [0.1, 0.15) is 50.5 Å². The topological polar surface area (TPSA) is 82.9 Å². The zero-order valence-corrected chi connectivity index (χ0v) is 21.4. The summed E-state index contributed by atoms with van der Waals surface area (Å²) in [4.78, 5) is 32.3. The second-order valence-corrected chi connectivity index (χ2v) is 8.94. The maximum Gasteiger partial charge on any atom is 0.342 e. The minimum absolute atomic E-state index is 0.222. The Morgan fingerprint density at radius 2 is 1.72 bits per heavy atom. The molecule has 0 unspecified atom stereocenters. The second kappa shape index (κ2) is 11.3. The molecule has 8 nitrogen and oxygen atoms in total. The first kappa shape index (κ1) is 25.3. The Morgan fingerprint density at radius 1 is 0.972 bits per heavy atom. The molecule has 0 bridgehead atoms. The van der Waals surface area contributed by atoms with E-state index in [0.717, 1.165) is 49.3 Å². The van der Waals surface area contributed by atoms with Crippen molar-refractivity contribution in [1.29, 1.82) is 0 Å². The lowest BCUT2D eigenvalue weighted by atomic mass is 10.1. The number of anilines is 1. The molecule has 4 rings (SSSR count). The predicted octanol–water partition coefficient (Wildman–Crippen LogP) is 4.40. The summed E-state index contributed by atoms with van der Waals surface area (Å²) in [5.74, 6) is 1.26. The Kier molecular flexibility index (Phi) is 7.93. The van der Waals surface area contributed by atoms with Gasteiger partial charge in [-0.1, -0.05) is 6.07 Å². The SMILES string of the molecule is COc1ccc(CCn2c(C)cc(C(=O)COC(=O)c3cccnc3N3CCCC3)c2C)cc1OC. The summed E-state index contributed by atoms with van der Waals surface area (Å²) < 4.78 is 18.3. The molecule has 36 heavy (non-hydrogen) atoms. The fourth-order valence-electron chi connectivity index (χ4n) is 4.73. The number of carbonyl (C=O) groups is 2. The number of methoxy groups -OCH3 is 2. The number of aryl methyl sites for hydroxylation is 2. The lowest BCUT2D eigenvalue weighted by Gasteiger charge is -2.18. The van der Waals surface area contributed by atoms with Crippen molar-refractivity contribution in [3.63, 3.8) is 0 Å². The molecule has 0 N–H and O–H groups in total. The average molecular weight is 492 g/mol. The van der Waals surface area contributed by atoms with E-state index in [1.54, 1.807) is 32.5 Å². The molecule has 0 aliphatic carbocycles. The van der Waals surface area contributed by atoms with Crippen molar-refractivity contribution in [2.45, 2.75) is 39.7 Å². The number of carbonyl (C=O) groups excluding carboxylic acids is 2. The number of aromatic nitrogens is 2. The quantitative estimate of drug-likeness (QED) is 0.307. The van der Waals surface area contributed by atoms with Gasteiger partial charge in [0.25, 0.3) is 0 Å². The molecule has 1 aliphatic heterocycles. The number of hydrogen-bond donors (Lipinski definition) is 0. The maximum absolute atomic E-state index is 13.0. The highest BCUT2D eigenvalue weighted by Crippen LogP contribution is 2.28. The van der Waals surface area contributed by atoms with Crippen LogP contribution in [-0.4, -0.2) is 55.2 Å². The highest BCUT2D eigenvalue weighted by molar-refractivity contribution is 6.01. The summed E-state index contributed by atoms with van der Waals surface area (Å²) in [6, 6.07) is 11.1. The Balaban J connectivity index is 1.41. The van der Waals surface area contributed by atoms with E-state index >= 15 is 0 Å². The average Bonchev–Trinajstić information content (AvgIpc) is 3.54. The van der Waals surface area contributed by atoms with Gasteiger partial charge >= 0.3 is 5.97 Å². The molecule has 190 valence electrons. The molecule has 1 fully saturated rings. The van der Waals surface area contributed by atoms with Gasteiger partial charge in [-0.2, -0.15) is 0 Å². The van der Waals surface area contributed by atoms with Crippen LogP contribution in [0.3, 0.4) is 0 Å². The van der Waals surface area contributed by atoms with E-state index in [1.807, 2.05) is 38.1 Å². The van der Waals surface area contributed by atoms with E-state index in [0.29, 0.717) is 35.0 Å². The van der Waals surface area contributed by atoms with Crippen molar-refractivity contribution in [1.82, 2.24) is 9.55 Å². The summed E-state index contributed by atoms with van der Waals surface area (Å²) >= 11 is 0. The lowest BCUT2D eigenvalue weighted by Crippen LogP contribution is -2.23. The van der Waals surface area contributed by atoms with Gasteiger partial charge in [0.15, 0.2) is 18.1 Å². The number of nitrogens with zero attached hydrogens (tertiary/aromatic N) is 3. The van der Waals surface area contributed by atoms with Crippen LogP contribution in [-0.2, 0) is 17.7 Å². The van der Waals surface area contributed by atoms with E-state index < -0.39 is 5.97 Å². The molecule has 0 amide bonds. The van der Waals surface area contributed by atoms with Gasteiger partial charge < -0.3 is 23.7 Å². The number of ether oxygens (including phenoxy) is 3. The fraction of sp³-hybridized carbons (Fsp3) is 0.393. The second-order valence-electron chi connectivity index (χ2n) is 8.94. The zero-order valence-electron chi connectivity index (χ0n) is 21.4. The maximum atomic E-state index is 13.0. The molecule has 8 heteroatoms. The first-order valence-electron chi connectivity index (χ1n) is 12.2. The lowest BCUT2D eigenvalue weighted by molar-refractivity contribution is 0.0474. The first-order valence-corrected chi connectivity index (χ1v) is 12.2. The van der Waals surface area contributed by atoms with Gasteiger partial charge in [-0.3, -0.25) is 4.79 Å². The molecule has 2 aromatic heterocycles. The third kappa shape index (κ3) is 5.37. The number of benzene rings is 1. The molecule has 0 saturated carbocycles. The first-order chi connectivity index (χ1) is 17.4. The summed E-state index contributed by atoms with van der Waals surface area (Å²) in [5.41, 5.74) is 3.90. The van der Waals surface area contributed by atoms with Gasteiger partial charge in [-0.15, -0.1) is 0 Å². The standard InChI is InChI=1S/C28H33N3O5/c1-19-16-23(20(2)31(19)15-11-21-9-10-25(34-3)26(17-21)35-4)24(32)18-36-28(33)22-8-7-12-29-27(22)30-13-5-6-14-30/h7-10,12,16-17H,5-6,11,13-15,18H2,1-4H3. The van der Waals surface area contributed by atoms with Gasteiger partial charge in [0, 0.05) is 42.8 Å². The van der Waals surface area contributed by atoms with E-state index in [2.05, 4.69) is 14.5 Å². The van der Waals surface area contributed by atoms with Crippen molar-refractivity contribution < 1.29 is 23.8 Å². The number of Topliss-reactive ketones (excluding diaryl/α,β-unsaturated/α-hetero) is 1. The number of rotatable bonds is 10. The van der Waals surface area contributed by atoms with Crippen LogP contribution >= 0.6 is 0 Å². The van der Waals surface area contributed by atoms with Crippen LogP contribution in [0.25, 0.3) is 0 Å². The van der Waals surface area contributed by atoms with Crippen LogP contribution in [0.2, 0.25) is 0 Å². The molecule has 0 spiro atoms. The Morgan fingerprint density at radius 3 is 2.44 bits per heavy atom. The Labute approximate surface area is 211 Å². The van der Waals surface area contributed by atoms with E-state index in [1.165, 1.54) is 0 Å². The summed E-state index contributed by atoms with van der Waals surface area (Å²) in [6.07, 6.45) is 4.59. The molecule has 1 saturated heterocycles. The normalized spacial score (nSPS) is 13.1. The van der Waals surface area contributed by atoms with Crippen molar-refractivity contribution in [2.75, 3.05) is 38.8 Å². The van der Waals surface area contributed by atoms with Gasteiger partial charge in [0.2, 0.25) is 5.78 Å². The molecular weight excluding hydrogens is 458 g/mol. The molecule has 3 heterocycles. The summed E-state index contributed by atoms with van der Waals surface area (Å²) in [6.45, 7) is 6.02. The molecule has 1 aromatic carbocycles. The van der Waals surface area contributed by atoms with Crippen LogP contribution in [0.4, 0.5) is 5.82 Å². The third-order valence-electron chi connectivity index (χ3n) is 6.69. The Bertz CT molecular complexity index is 1240. The minimum Gasteiger partial charge on any atom is -0.493 e. The van der Waals surface area contributed by atoms with Crippen LogP contribution in [0.15, 0.2) is 42.6 Å². The van der Waals surface area contributed by atoms with Gasteiger partial charge in [0.1, 0.15) is 11.4 Å². The largest absolute Gasteiger partial charge is 0.493 e. The molecular formula is C28H33N3O5. The van der Waals surface area contributed by atoms with Gasteiger partial charge in [-0.05, 0) is 69.0 Å². The molecule has 0 radical (unpaired) electrons. The van der Waals surface area contributed by atoms with Crippen molar-refractivity contribution in [3.8, 4) is 11.5 Å². The zero-order chi connectivity index (χ0) is 25.7. The fourth-order valence-corrected chi connectivity index (χ4v) is 4.73. The summed E-state index contributed by atoms with van der Waals surface area (Å²) in [7, 11) is 3.23. The third-order valence-corrected chi connectivity index (χ3v) is 6.69. The predicted molar refractivity (Wildman–Crippen MR) is 137 cm³/mol. The number of pyridine rings is 1. The monoisotopic (exact) mass is 491 g/mol. The van der Waals surface area contributed by atoms with E-state index in [-0.39, 0.29) is 12.4 Å². The van der Waals surface area contributed by atoms with Crippen LogP contribution in [0.5, 0.6) is 11.5 Å². The number of ketones is 1. The van der Waals surface area contributed by atoms with Crippen LogP contribution in [0, 0.1) is 13.8 Å². The highest BCUT2D eigenvalue weighted by atomic mass is 16.5. The number of esters is 1. The van der Waals surface area contributed by atoms with E-state index in [4.69, 9.17) is 14.2 Å². The van der Waals surface area contributed by atoms with Crippen molar-refractivity contribution in [2.24, 2.45) is 0 Å². The molecule has 3 aromatic rings. The molecule has 0 atom stereocenters. The van der Waals surface area contributed by atoms with E-state index in [9.17, 15) is 9.59 Å². The minimum atomic E-state index is -0.527. The van der Waals surface area contributed by atoms with Gasteiger partial charge in [-0.25, -0.2) is 9.78 Å². The molecule has 1 aliphatic rings. The number of hydrogen-bond acceptors (Lipinski definition) is 7. The van der Waals surface area contributed by atoms with Crippen LogP contribution < -0.4 is 14.4 Å². The van der Waals surface area contributed by atoms with Gasteiger partial charge in [0.05, 0.1) is 14.2 Å². The highest BCUT2D eigenvalue weighted by Gasteiger charge is 2.23. The smallest absolute Gasteiger partial charge is 0.342 e.